The van der Waals surface area contributed by atoms with Crippen molar-refractivity contribution in [1.82, 2.24) is 34.7 Å². The number of carboxylic acid groups (broad SMARTS) is 1. The predicted octanol–water partition coefficient (Wildman–Crippen LogP) is 2.82. The van der Waals surface area contributed by atoms with Crippen LogP contribution in [0.2, 0.25) is 0 Å². The van der Waals surface area contributed by atoms with E-state index in [1.165, 1.54) is 12.8 Å². The number of aromatic nitrogens is 7. The van der Waals surface area contributed by atoms with Crippen molar-refractivity contribution >= 4 is 23.2 Å². The van der Waals surface area contributed by atoms with Crippen LogP contribution in [0.4, 0.5) is 10.7 Å². The minimum Gasteiger partial charge on any atom is -0.465 e. The van der Waals surface area contributed by atoms with Crippen molar-refractivity contribution in [2.75, 3.05) is 5.32 Å². The molecule has 5 rings (SSSR count). The van der Waals surface area contributed by atoms with Gasteiger partial charge < -0.3 is 21.3 Å². The van der Waals surface area contributed by atoms with Gasteiger partial charge in [-0.15, -0.1) is 5.10 Å². The Bertz CT molecular complexity index is 1280. The zero-order chi connectivity index (χ0) is 25.0. The average Bonchev–Trinajstić information content (AvgIpc) is 3.54. The summed E-state index contributed by atoms with van der Waals surface area (Å²) >= 11 is 0. The molecule has 0 unspecified atom stereocenters. The summed E-state index contributed by atoms with van der Waals surface area (Å²) in [6.07, 6.45) is 8.95. The lowest BCUT2D eigenvalue weighted by atomic mass is 10.1. The second-order valence-corrected chi connectivity index (χ2v) is 9.15. The van der Waals surface area contributed by atoms with Crippen LogP contribution in [0.5, 0.6) is 0 Å². The molecule has 3 aromatic heterocycles. The minimum absolute atomic E-state index is 0.437. The van der Waals surface area contributed by atoms with Crippen LogP contribution < -0.4 is 11.1 Å². The minimum atomic E-state index is -1.33. The molecule has 3 heterocycles. The molecule has 0 radical (unpaired) electrons. The first-order valence-corrected chi connectivity index (χ1v) is 11.4. The van der Waals surface area contributed by atoms with Gasteiger partial charge in [-0.25, -0.2) is 9.78 Å². The van der Waals surface area contributed by atoms with E-state index in [-0.39, 0.29) is 0 Å². The van der Waals surface area contributed by atoms with E-state index in [2.05, 4.69) is 36.4 Å². The van der Waals surface area contributed by atoms with E-state index in [1.807, 2.05) is 30.5 Å². The van der Waals surface area contributed by atoms with E-state index in [1.54, 1.807) is 35.6 Å². The lowest BCUT2D eigenvalue weighted by molar-refractivity contribution is 0.0577. The van der Waals surface area contributed by atoms with E-state index in [0.717, 1.165) is 29.7 Å². The molecule has 1 aromatic carbocycles. The second-order valence-electron chi connectivity index (χ2n) is 9.15. The van der Waals surface area contributed by atoms with E-state index < -0.39 is 11.7 Å². The molecule has 1 saturated carbocycles. The maximum Gasteiger partial charge on any atom is 0.402 e. The molecule has 12 nitrogen and oxygen atoms in total. The van der Waals surface area contributed by atoms with Crippen LogP contribution in [0.1, 0.15) is 39.5 Å². The average molecular weight is 480 g/mol. The van der Waals surface area contributed by atoms with Crippen LogP contribution in [0, 0.1) is 0 Å². The fraction of sp³-hybridized carbons (Fsp3) is 0.391. The Labute approximate surface area is 201 Å². The maximum atomic E-state index is 9.99. The number of carbonyl (C=O) groups is 1. The summed E-state index contributed by atoms with van der Waals surface area (Å²) in [6, 6.07) is 8.46. The number of rotatable bonds is 6. The number of nitrogens with zero attached hydrogens (tertiary/aromatic N) is 7. The normalized spacial score (nSPS) is 14.0. The number of nitrogens with one attached hydrogen (secondary N) is 1. The third-order valence-electron chi connectivity index (χ3n) is 5.51. The largest absolute Gasteiger partial charge is 0.465 e. The Morgan fingerprint density at radius 2 is 1.86 bits per heavy atom. The van der Waals surface area contributed by atoms with Crippen molar-refractivity contribution in [3.63, 3.8) is 0 Å². The highest BCUT2D eigenvalue weighted by atomic mass is 16.4. The molecule has 0 bridgehead atoms. The zero-order valence-corrected chi connectivity index (χ0v) is 19.7. The number of fused-ring (bicyclic) bond motifs is 1. The van der Waals surface area contributed by atoms with Gasteiger partial charge in [-0.1, -0.05) is 30.2 Å². The Morgan fingerprint density at radius 3 is 2.51 bits per heavy atom. The fourth-order valence-corrected chi connectivity index (χ4v) is 4.01. The van der Waals surface area contributed by atoms with Gasteiger partial charge in [-0.3, -0.25) is 4.68 Å². The molecule has 12 heteroatoms. The molecule has 5 N–H and O–H groups in total. The first-order chi connectivity index (χ1) is 16.7. The van der Waals surface area contributed by atoms with Gasteiger partial charge in [0, 0.05) is 17.8 Å². The van der Waals surface area contributed by atoms with E-state index in [4.69, 9.17) is 9.90 Å². The number of primary amides is 1. The van der Waals surface area contributed by atoms with Crippen LogP contribution in [0.25, 0.3) is 28.0 Å². The van der Waals surface area contributed by atoms with Gasteiger partial charge in [0.15, 0.2) is 11.2 Å². The smallest absolute Gasteiger partial charge is 0.402 e. The van der Waals surface area contributed by atoms with Gasteiger partial charge in [-0.05, 0) is 44.4 Å². The van der Waals surface area contributed by atoms with E-state index >= 15 is 0 Å². The van der Waals surface area contributed by atoms with E-state index in [0.29, 0.717) is 29.7 Å². The summed E-state index contributed by atoms with van der Waals surface area (Å²) in [5.41, 5.74) is 7.46. The van der Waals surface area contributed by atoms with Crippen molar-refractivity contribution < 1.29 is 15.0 Å². The molecule has 1 aliphatic carbocycles. The zero-order valence-electron chi connectivity index (χ0n) is 19.7. The predicted molar refractivity (Wildman–Crippen MR) is 130 cm³/mol. The molecule has 1 aliphatic rings. The number of benzene rings is 1. The number of anilines is 1. The van der Waals surface area contributed by atoms with Crippen LogP contribution in [-0.4, -0.2) is 62.7 Å². The van der Waals surface area contributed by atoms with Crippen molar-refractivity contribution in [3.05, 3.63) is 42.9 Å². The molecular weight excluding hydrogens is 450 g/mol. The standard InChI is InChI=1S/C22H26N8O.CH3NO2/c1-22(2,31)14-29-13-16(11-24-29)15-7-9-18(10-8-15)30-20-19(27-28-30)12-23-21(26-20)25-17-5-3-4-6-17;2-1(3)4/h7-13,17,31H,3-6,14H2,1-2H3,(H,23,25,26);2H2,(H,3,4). The third-order valence-corrected chi connectivity index (χ3v) is 5.51. The van der Waals surface area contributed by atoms with Crippen LogP contribution in [-0.2, 0) is 6.54 Å². The second kappa shape index (κ2) is 10.1. The number of aliphatic hydroxyl groups is 1. The van der Waals surface area contributed by atoms with Crippen molar-refractivity contribution in [3.8, 4) is 16.8 Å². The summed E-state index contributed by atoms with van der Waals surface area (Å²) in [6.45, 7) is 3.97. The molecule has 1 amide bonds. The summed E-state index contributed by atoms with van der Waals surface area (Å²) in [7, 11) is 0. The van der Waals surface area contributed by atoms with Crippen molar-refractivity contribution in [2.24, 2.45) is 5.73 Å². The molecule has 4 aromatic rings. The highest BCUT2D eigenvalue weighted by Gasteiger charge is 2.17. The Kier molecular flexibility index (Phi) is 6.92. The maximum absolute atomic E-state index is 9.99. The highest BCUT2D eigenvalue weighted by molar-refractivity contribution is 5.72. The van der Waals surface area contributed by atoms with Crippen molar-refractivity contribution in [2.45, 2.75) is 57.7 Å². The SMILES string of the molecule is CC(C)(O)Cn1cc(-c2ccc(-n3nnc4cnc(NC5CCCC5)nc43)cc2)cn1.NC(=O)O. The molecule has 1 fully saturated rings. The third kappa shape index (κ3) is 6.29. The topological polar surface area (TPSA) is 170 Å². The number of nitrogens with two attached hydrogens (primary N) is 1. The first-order valence-electron chi connectivity index (χ1n) is 11.4. The summed E-state index contributed by atoms with van der Waals surface area (Å²) in [5, 5.41) is 33.4. The fourth-order valence-electron chi connectivity index (χ4n) is 4.01. The molecule has 0 spiro atoms. The van der Waals surface area contributed by atoms with Crippen molar-refractivity contribution in [1.29, 1.82) is 0 Å². The lowest BCUT2D eigenvalue weighted by Gasteiger charge is -2.16. The van der Waals surface area contributed by atoms with Gasteiger partial charge in [0.25, 0.3) is 0 Å². The Balaban J connectivity index is 0.000000672. The van der Waals surface area contributed by atoms with Gasteiger partial charge >= 0.3 is 6.09 Å². The molecule has 184 valence electrons. The number of amides is 1. The van der Waals surface area contributed by atoms with E-state index in [9.17, 15) is 5.11 Å². The lowest BCUT2D eigenvalue weighted by Crippen LogP contribution is -2.26. The van der Waals surface area contributed by atoms with Gasteiger partial charge in [-0.2, -0.15) is 14.8 Å². The molecule has 0 aliphatic heterocycles. The number of hydrogen-bond donors (Lipinski definition) is 4. The quantitative estimate of drug-likeness (QED) is 0.325. The van der Waals surface area contributed by atoms with Crippen LogP contribution >= 0.6 is 0 Å². The summed E-state index contributed by atoms with van der Waals surface area (Å²) < 4.78 is 3.49. The summed E-state index contributed by atoms with van der Waals surface area (Å²) in [5.74, 6) is 0.624. The van der Waals surface area contributed by atoms with Gasteiger partial charge in [0.2, 0.25) is 5.95 Å². The Hall–Kier alpha value is -4.06. The highest BCUT2D eigenvalue weighted by Crippen LogP contribution is 2.24. The number of hydrogen-bond acceptors (Lipinski definition) is 8. The monoisotopic (exact) mass is 479 g/mol. The molecule has 0 atom stereocenters. The molecular formula is C23H29N9O3. The Morgan fingerprint density at radius 1 is 1.17 bits per heavy atom. The molecule has 0 saturated heterocycles. The van der Waals surface area contributed by atoms with Crippen LogP contribution in [0.15, 0.2) is 42.9 Å². The summed E-state index contributed by atoms with van der Waals surface area (Å²) in [4.78, 5) is 17.8. The van der Waals surface area contributed by atoms with Gasteiger partial charge in [0.05, 0.1) is 30.2 Å². The molecule has 35 heavy (non-hydrogen) atoms. The van der Waals surface area contributed by atoms with Gasteiger partial charge in [0.1, 0.15) is 0 Å². The van der Waals surface area contributed by atoms with Crippen LogP contribution in [0.3, 0.4) is 0 Å². The first kappa shape index (κ1) is 24.1.